The minimum absolute atomic E-state index is 0.0896. The lowest BCUT2D eigenvalue weighted by Crippen LogP contribution is -2.56. The first kappa shape index (κ1) is 23.0. The van der Waals surface area contributed by atoms with Gasteiger partial charge in [-0.15, -0.1) is 0 Å². The summed E-state index contributed by atoms with van der Waals surface area (Å²) in [6, 6.07) is 8.52. The Balaban J connectivity index is 1.08. The van der Waals surface area contributed by atoms with E-state index in [1.54, 1.807) is 10.9 Å². The van der Waals surface area contributed by atoms with E-state index in [1.807, 2.05) is 29.3 Å². The molecular weight excluding hydrogens is 471 g/mol. The van der Waals surface area contributed by atoms with Crippen molar-refractivity contribution >= 4 is 11.7 Å². The van der Waals surface area contributed by atoms with Crippen molar-refractivity contribution in [2.24, 2.45) is 0 Å². The molecule has 3 aromatic heterocycles. The van der Waals surface area contributed by atoms with Gasteiger partial charge in [0, 0.05) is 68.8 Å². The highest BCUT2D eigenvalue weighted by Gasteiger charge is 2.41. The van der Waals surface area contributed by atoms with E-state index >= 15 is 0 Å². The van der Waals surface area contributed by atoms with Gasteiger partial charge in [0.15, 0.2) is 5.82 Å². The van der Waals surface area contributed by atoms with Gasteiger partial charge in [0.05, 0.1) is 17.8 Å². The van der Waals surface area contributed by atoms with Gasteiger partial charge in [-0.05, 0) is 37.1 Å². The maximum Gasteiger partial charge on any atom is 0.417 e. The number of amides is 1. The van der Waals surface area contributed by atoms with Crippen LogP contribution in [0.4, 0.5) is 19.0 Å². The second-order valence-electron chi connectivity index (χ2n) is 9.69. The van der Waals surface area contributed by atoms with Crippen LogP contribution in [0.25, 0.3) is 5.82 Å². The number of carbonyl (C=O) groups is 1. The normalized spacial score (nSPS) is 22.1. The molecular formula is C25H26F3N7O. The summed E-state index contributed by atoms with van der Waals surface area (Å²) >= 11 is 0. The summed E-state index contributed by atoms with van der Waals surface area (Å²) in [6.07, 6.45) is 2.79. The Bertz CT molecular complexity index is 1230. The number of piperazine rings is 1. The molecule has 2 saturated heterocycles. The third-order valence-electron chi connectivity index (χ3n) is 7.35. The topological polar surface area (TPSA) is 70.4 Å². The number of alkyl halides is 3. The van der Waals surface area contributed by atoms with Crippen LogP contribution < -0.4 is 4.90 Å². The zero-order valence-corrected chi connectivity index (χ0v) is 19.6. The first-order valence-corrected chi connectivity index (χ1v) is 12.2. The first-order valence-electron chi connectivity index (χ1n) is 12.2. The van der Waals surface area contributed by atoms with Crippen molar-refractivity contribution in [3.63, 3.8) is 0 Å². The zero-order chi connectivity index (χ0) is 24.9. The van der Waals surface area contributed by atoms with Gasteiger partial charge in [-0.3, -0.25) is 9.69 Å². The van der Waals surface area contributed by atoms with E-state index in [4.69, 9.17) is 0 Å². The van der Waals surface area contributed by atoms with E-state index in [0.29, 0.717) is 45.0 Å². The van der Waals surface area contributed by atoms with E-state index in [0.717, 1.165) is 42.2 Å². The van der Waals surface area contributed by atoms with Gasteiger partial charge < -0.3 is 9.80 Å². The maximum absolute atomic E-state index is 13.2. The van der Waals surface area contributed by atoms with E-state index in [2.05, 4.69) is 24.9 Å². The highest BCUT2D eigenvalue weighted by molar-refractivity contribution is 5.78. The van der Waals surface area contributed by atoms with Crippen molar-refractivity contribution in [3.8, 4) is 5.82 Å². The summed E-state index contributed by atoms with van der Waals surface area (Å²) in [5, 5.41) is 4.65. The third-order valence-corrected chi connectivity index (χ3v) is 7.35. The molecule has 3 aliphatic heterocycles. The van der Waals surface area contributed by atoms with E-state index < -0.39 is 11.7 Å². The van der Waals surface area contributed by atoms with Crippen molar-refractivity contribution in [2.75, 3.05) is 31.1 Å². The number of likely N-dealkylation sites (tertiary alicyclic amines) is 1. The van der Waals surface area contributed by atoms with Crippen LogP contribution in [-0.4, -0.2) is 73.7 Å². The molecule has 3 aromatic rings. The summed E-state index contributed by atoms with van der Waals surface area (Å²) in [4.78, 5) is 27.8. The molecule has 6 rings (SSSR count). The Morgan fingerprint density at radius 2 is 1.83 bits per heavy atom. The molecule has 0 N–H and O–H groups in total. The molecule has 3 aliphatic rings. The summed E-state index contributed by atoms with van der Waals surface area (Å²) in [5.41, 5.74) is 1.30. The molecule has 0 spiro atoms. The first-order chi connectivity index (χ1) is 17.3. The number of rotatable bonds is 4. The van der Waals surface area contributed by atoms with Gasteiger partial charge in [-0.2, -0.15) is 18.3 Å². The molecule has 0 aromatic carbocycles. The van der Waals surface area contributed by atoms with Crippen LogP contribution in [0.15, 0.2) is 48.9 Å². The highest BCUT2D eigenvalue weighted by atomic mass is 19.4. The lowest BCUT2D eigenvalue weighted by molar-refractivity contribution is -0.137. The molecule has 36 heavy (non-hydrogen) atoms. The van der Waals surface area contributed by atoms with Crippen molar-refractivity contribution in [3.05, 3.63) is 65.7 Å². The maximum atomic E-state index is 13.2. The SMILES string of the molecule is O=C(CN1CC2CCC(C1)N2c1ccc(C(F)(F)F)cn1)N1CCc2nn(-c3ccccn3)cc2C1. The van der Waals surface area contributed by atoms with Gasteiger partial charge >= 0.3 is 6.18 Å². The third kappa shape index (κ3) is 4.32. The second kappa shape index (κ2) is 8.88. The van der Waals surface area contributed by atoms with Crippen LogP contribution in [0.1, 0.15) is 29.7 Å². The minimum atomic E-state index is -4.39. The number of hydrogen-bond donors (Lipinski definition) is 0. The van der Waals surface area contributed by atoms with Crippen LogP contribution in [0.2, 0.25) is 0 Å². The lowest BCUT2D eigenvalue weighted by Gasteiger charge is -2.42. The fraction of sp³-hybridized carbons (Fsp3) is 0.440. The Labute approximate surface area is 206 Å². The predicted octanol–water partition coefficient (Wildman–Crippen LogP) is 2.92. The molecule has 0 radical (unpaired) electrons. The van der Waals surface area contributed by atoms with Gasteiger partial charge in [-0.25, -0.2) is 14.6 Å². The number of carbonyl (C=O) groups excluding carboxylic acids is 1. The van der Waals surface area contributed by atoms with E-state index in [9.17, 15) is 18.0 Å². The molecule has 2 unspecified atom stereocenters. The van der Waals surface area contributed by atoms with Crippen LogP contribution >= 0.6 is 0 Å². The van der Waals surface area contributed by atoms with Gasteiger partial charge in [0.2, 0.25) is 5.91 Å². The van der Waals surface area contributed by atoms with Crippen LogP contribution in [-0.2, 0) is 23.9 Å². The Kier molecular flexibility index (Phi) is 5.66. The fourth-order valence-electron chi connectivity index (χ4n) is 5.62. The molecule has 6 heterocycles. The van der Waals surface area contributed by atoms with Gasteiger partial charge in [0.25, 0.3) is 0 Å². The lowest BCUT2D eigenvalue weighted by atomic mass is 10.1. The van der Waals surface area contributed by atoms with Gasteiger partial charge in [0.1, 0.15) is 5.82 Å². The standard InChI is InChI=1S/C25H26F3N7O/c26-25(27,28)18-4-7-23(30-11-18)35-19-5-6-20(35)15-32(14-19)16-24(36)33-10-8-21-17(12-33)13-34(31-21)22-3-1-2-9-29-22/h1-4,7,9,11,13,19-20H,5-6,8,10,12,14-16H2. The molecule has 0 saturated carbocycles. The fourth-order valence-corrected chi connectivity index (χ4v) is 5.62. The van der Waals surface area contributed by atoms with Crippen molar-refractivity contribution < 1.29 is 18.0 Å². The highest BCUT2D eigenvalue weighted by Crippen LogP contribution is 2.35. The predicted molar refractivity (Wildman–Crippen MR) is 125 cm³/mol. The van der Waals surface area contributed by atoms with Crippen LogP contribution in [0.5, 0.6) is 0 Å². The molecule has 1 amide bonds. The summed E-state index contributed by atoms with van der Waals surface area (Å²) in [7, 11) is 0. The minimum Gasteiger partial charge on any atom is -0.348 e. The molecule has 2 fully saturated rings. The van der Waals surface area contributed by atoms with E-state index in [-0.39, 0.29) is 18.0 Å². The molecule has 2 bridgehead atoms. The number of fused-ring (bicyclic) bond motifs is 3. The summed E-state index contributed by atoms with van der Waals surface area (Å²) < 4.78 is 40.5. The summed E-state index contributed by atoms with van der Waals surface area (Å²) in [6.45, 7) is 2.89. The number of anilines is 1. The average Bonchev–Trinajstić information content (AvgIpc) is 3.42. The number of nitrogens with zero attached hydrogens (tertiary/aromatic N) is 7. The average molecular weight is 498 g/mol. The quantitative estimate of drug-likeness (QED) is 0.552. The Hall–Kier alpha value is -3.47. The summed E-state index contributed by atoms with van der Waals surface area (Å²) in [5.74, 6) is 1.42. The molecule has 188 valence electrons. The van der Waals surface area contributed by atoms with Crippen LogP contribution in [0.3, 0.4) is 0 Å². The largest absolute Gasteiger partial charge is 0.417 e. The van der Waals surface area contributed by atoms with Crippen molar-refractivity contribution in [1.29, 1.82) is 0 Å². The van der Waals surface area contributed by atoms with Crippen molar-refractivity contribution in [2.45, 2.75) is 44.1 Å². The molecule has 8 nitrogen and oxygen atoms in total. The Morgan fingerprint density at radius 3 is 2.50 bits per heavy atom. The number of hydrogen-bond acceptors (Lipinski definition) is 6. The molecule has 0 aliphatic carbocycles. The molecule has 2 atom stereocenters. The van der Waals surface area contributed by atoms with Crippen LogP contribution in [0, 0.1) is 0 Å². The van der Waals surface area contributed by atoms with Gasteiger partial charge in [-0.1, -0.05) is 6.07 Å². The van der Waals surface area contributed by atoms with E-state index in [1.165, 1.54) is 6.07 Å². The van der Waals surface area contributed by atoms with Crippen molar-refractivity contribution in [1.82, 2.24) is 29.5 Å². The monoisotopic (exact) mass is 497 g/mol. The number of aromatic nitrogens is 4. The smallest absolute Gasteiger partial charge is 0.348 e. The second-order valence-corrected chi connectivity index (χ2v) is 9.69. The molecule has 11 heteroatoms. The zero-order valence-electron chi connectivity index (χ0n) is 19.6. The number of halogens is 3. The number of pyridine rings is 2. The Morgan fingerprint density at radius 1 is 1.03 bits per heavy atom.